The number of ether oxygens (including phenoxy) is 1. The van der Waals surface area contributed by atoms with E-state index in [2.05, 4.69) is 32.6 Å². The smallest absolute Gasteiger partial charge is 0.165 e. The van der Waals surface area contributed by atoms with Gasteiger partial charge < -0.3 is 4.74 Å². The molecule has 0 bridgehead atoms. The first-order chi connectivity index (χ1) is 11.4. The van der Waals surface area contributed by atoms with E-state index < -0.39 is 0 Å². The van der Waals surface area contributed by atoms with Crippen LogP contribution in [0.2, 0.25) is 0 Å². The second kappa shape index (κ2) is 6.76. The highest BCUT2D eigenvalue weighted by molar-refractivity contribution is 5.15. The minimum absolute atomic E-state index is 0.399. The molecule has 1 aliphatic carbocycles. The van der Waals surface area contributed by atoms with Gasteiger partial charge in [-0.15, -0.1) is 5.10 Å². The zero-order valence-electron chi connectivity index (χ0n) is 13.3. The van der Waals surface area contributed by atoms with Gasteiger partial charge in [-0.2, -0.15) is 0 Å². The summed E-state index contributed by atoms with van der Waals surface area (Å²) in [6, 6.07) is 10.9. The van der Waals surface area contributed by atoms with Crippen molar-refractivity contribution in [2.24, 2.45) is 0 Å². The molecule has 1 saturated heterocycles. The molecular weight excluding hydrogens is 290 g/mol. The molecule has 0 spiro atoms. The standard InChI is InChI=1S/C17H23N5O/c1-2-6-14(7-3-1)12-22-17(18-19-20-22)13-21-10-11-23-16-9-5-4-8-15(16)21/h1-3,6-7,15-16H,4-5,8-13H2/t15-,16-/m1/s1. The number of morpholine rings is 1. The van der Waals surface area contributed by atoms with Crippen LogP contribution >= 0.6 is 0 Å². The lowest BCUT2D eigenvalue weighted by Gasteiger charge is -2.43. The molecule has 0 radical (unpaired) electrons. The van der Waals surface area contributed by atoms with Crippen molar-refractivity contribution in [2.45, 2.75) is 50.9 Å². The number of fused-ring (bicyclic) bond motifs is 1. The van der Waals surface area contributed by atoms with Crippen LogP contribution in [0.4, 0.5) is 0 Å². The van der Waals surface area contributed by atoms with Gasteiger partial charge in [-0.25, -0.2) is 4.68 Å². The summed E-state index contributed by atoms with van der Waals surface area (Å²) in [5.74, 6) is 0.945. The fourth-order valence-corrected chi connectivity index (χ4v) is 3.77. The summed E-state index contributed by atoms with van der Waals surface area (Å²) in [6.07, 6.45) is 5.41. The molecule has 1 aromatic carbocycles. The molecule has 2 aliphatic rings. The van der Waals surface area contributed by atoms with Crippen molar-refractivity contribution in [1.82, 2.24) is 25.1 Å². The Balaban J connectivity index is 1.47. The Kier molecular flexibility index (Phi) is 4.35. The highest BCUT2D eigenvalue weighted by atomic mass is 16.5. The molecule has 1 aromatic heterocycles. The van der Waals surface area contributed by atoms with Crippen molar-refractivity contribution in [3.8, 4) is 0 Å². The monoisotopic (exact) mass is 313 g/mol. The van der Waals surface area contributed by atoms with E-state index in [1.807, 2.05) is 22.9 Å². The third-order valence-corrected chi connectivity index (χ3v) is 4.97. The average Bonchev–Trinajstić information content (AvgIpc) is 3.03. The minimum Gasteiger partial charge on any atom is -0.375 e. The molecular formula is C17H23N5O. The number of hydrogen-bond acceptors (Lipinski definition) is 5. The van der Waals surface area contributed by atoms with E-state index in [0.29, 0.717) is 12.1 Å². The summed E-state index contributed by atoms with van der Waals surface area (Å²) in [4.78, 5) is 2.51. The summed E-state index contributed by atoms with van der Waals surface area (Å²) in [6.45, 7) is 3.33. The molecule has 6 nitrogen and oxygen atoms in total. The predicted molar refractivity (Wildman–Crippen MR) is 85.8 cm³/mol. The first-order valence-electron chi connectivity index (χ1n) is 8.55. The fraction of sp³-hybridized carbons (Fsp3) is 0.588. The predicted octanol–water partition coefficient (Wildman–Crippen LogP) is 1.86. The largest absolute Gasteiger partial charge is 0.375 e. The maximum Gasteiger partial charge on any atom is 0.165 e. The van der Waals surface area contributed by atoms with Crippen molar-refractivity contribution < 1.29 is 4.74 Å². The molecule has 23 heavy (non-hydrogen) atoms. The number of aromatic nitrogens is 4. The molecule has 0 amide bonds. The van der Waals surface area contributed by atoms with E-state index in [0.717, 1.165) is 32.1 Å². The number of rotatable bonds is 4. The second-order valence-corrected chi connectivity index (χ2v) is 6.47. The zero-order valence-corrected chi connectivity index (χ0v) is 13.3. The van der Waals surface area contributed by atoms with Gasteiger partial charge in [0, 0.05) is 12.6 Å². The molecule has 0 N–H and O–H groups in total. The molecule has 2 heterocycles. The van der Waals surface area contributed by atoms with Crippen molar-refractivity contribution >= 4 is 0 Å². The number of benzene rings is 1. The van der Waals surface area contributed by atoms with Crippen molar-refractivity contribution in [2.75, 3.05) is 13.2 Å². The molecule has 6 heteroatoms. The number of hydrogen-bond donors (Lipinski definition) is 0. The third kappa shape index (κ3) is 3.28. The van der Waals surface area contributed by atoms with Crippen molar-refractivity contribution in [3.05, 3.63) is 41.7 Å². The van der Waals surface area contributed by atoms with Gasteiger partial charge >= 0.3 is 0 Å². The summed E-state index contributed by atoms with van der Waals surface area (Å²) in [7, 11) is 0. The van der Waals surface area contributed by atoms with Gasteiger partial charge in [0.2, 0.25) is 0 Å². The lowest BCUT2D eigenvalue weighted by Crippen LogP contribution is -2.52. The zero-order chi connectivity index (χ0) is 15.5. The van der Waals surface area contributed by atoms with E-state index in [9.17, 15) is 0 Å². The number of tetrazole rings is 1. The van der Waals surface area contributed by atoms with Crippen LogP contribution in [0, 0.1) is 0 Å². The topological polar surface area (TPSA) is 56.1 Å². The van der Waals surface area contributed by atoms with E-state index in [1.165, 1.54) is 31.2 Å². The SMILES string of the molecule is c1ccc(Cn2nnnc2CN2CCO[C@@H]3CCCC[C@H]32)cc1. The van der Waals surface area contributed by atoms with Crippen LogP contribution in [0.1, 0.15) is 37.1 Å². The second-order valence-electron chi connectivity index (χ2n) is 6.47. The van der Waals surface area contributed by atoms with Gasteiger partial charge in [0.25, 0.3) is 0 Å². The van der Waals surface area contributed by atoms with Crippen LogP contribution in [-0.2, 0) is 17.8 Å². The van der Waals surface area contributed by atoms with Crippen LogP contribution in [-0.4, -0.2) is 50.4 Å². The van der Waals surface area contributed by atoms with Crippen LogP contribution in [0.15, 0.2) is 30.3 Å². The maximum atomic E-state index is 5.96. The fourth-order valence-electron chi connectivity index (χ4n) is 3.77. The normalized spacial score (nSPS) is 25.2. The maximum absolute atomic E-state index is 5.96. The van der Waals surface area contributed by atoms with Crippen LogP contribution in [0.3, 0.4) is 0 Å². The lowest BCUT2D eigenvalue weighted by molar-refractivity contribution is -0.0921. The van der Waals surface area contributed by atoms with Gasteiger partial charge in [-0.1, -0.05) is 43.2 Å². The van der Waals surface area contributed by atoms with Crippen LogP contribution in [0.5, 0.6) is 0 Å². The van der Waals surface area contributed by atoms with Crippen molar-refractivity contribution in [3.63, 3.8) is 0 Å². The van der Waals surface area contributed by atoms with E-state index in [-0.39, 0.29) is 0 Å². The molecule has 122 valence electrons. The Bertz CT molecular complexity index is 627. The van der Waals surface area contributed by atoms with Crippen molar-refractivity contribution in [1.29, 1.82) is 0 Å². The lowest BCUT2D eigenvalue weighted by atomic mass is 9.90. The summed E-state index contributed by atoms with van der Waals surface area (Å²) >= 11 is 0. The van der Waals surface area contributed by atoms with Gasteiger partial charge in [-0.3, -0.25) is 4.90 Å². The van der Waals surface area contributed by atoms with Crippen LogP contribution in [0.25, 0.3) is 0 Å². The molecule has 0 unspecified atom stereocenters. The minimum atomic E-state index is 0.399. The molecule has 4 rings (SSSR count). The van der Waals surface area contributed by atoms with E-state index in [4.69, 9.17) is 4.74 Å². The first-order valence-corrected chi connectivity index (χ1v) is 8.55. The third-order valence-electron chi connectivity index (χ3n) is 4.97. The molecule has 2 aromatic rings. The number of nitrogens with zero attached hydrogens (tertiary/aromatic N) is 5. The Morgan fingerprint density at radius 2 is 1.96 bits per heavy atom. The Labute approximate surface area is 136 Å². The Morgan fingerprint density at radius 1 is 1.09 bits per heavy atom. The first kappa shape index (κ1) is 14.8. The van der Waals surface area contributed by atoms with Gasteiger partial charge in [0.05, 0.1) is 25.8 Å². The van der Waals surface area contributed by atoms with Gasteiger partial charge in [0.15, 0.2) is 5.82 Å². The molecule has 2 atom stereocenters. The van der Waals surface area contributed by atoms with E-state index in [1.54, 1.807) is 0 Å². The average molecular weight is 313 g/mol. The summed E-state index contributed by atoms with van der Waals surface area (Å²) in [5, 5.41) is 12.3. The Hall–Kier alpha value is -1.79. The molecule has 1 saturated carbocycles. The highest BCUT2D eigenvalue weighted by Crippen LogP contribution is 2.29. The van der Waals surface area contributed by atoms with E-state index >= 15 is 0 Å². The molecule has 2 fully saturated rings. The quantitative estimate of drug-likeness (QED) is 0.862. The highest BCUT2D eigenvalue weighted by Gasteiger charge is 2.34. The van der Waals surface area contributed by atoms with Gasteiger partial charge in [0.1, 0.15) is 0 Å². The van der Waals surface area contributed by atoms with Crippen LogP contribution < -0.4 is 0 Å². The summed E-state index contributed by atoms with van der Waals surface area (Å²) in [5.41, 5.74) is 1.22. The molecule has 1 aliphatic heterocycles. The summed E-state index contributed by atoms with van der Waals surface area (Å²) < 4.78 is 7.88. The Morgan fingerprint density at radius 3 is 2.87 bits per heavy atom. The van der Waals surface area contributed by atoms with Gasteiger partial charge in [-0.05, 0) is 28.8 Å².